The number of ether oxygens (including phenoxy) is 1. The predicted molar refractivity (Wildman–Crippen MR) is 100 cm³/mol. The molecule has 132 valence electrons. The molecular weight excluding hydrogens is 336 g/mol. The van der Waals surface area contributed by atoms with Crippen molar-refractivity contribution in [2.24, 2.45) is 0 Å². The van der Waals surface area contributed by atoms with Crippen molar-refractivity contribution in [1.29, 1.82) is 0 Å². The van der Waals surface area contributed by atoms with E-state index >= 15 is 0 Å². The third-order valence-electron chi connectivity index (χ3n) is 3.41. The fourth-order valence-corrected chi connectivity index (χ4v) is 3.21. The molecule has 0 heterocycles. The molecule has 2 aromatic carbocycles. The largest absolute Gasteiger partial charge is 0.492 e. The number of para-hydroxylation sites is 1. The first-order chi connectivity index (χ1) is 11.9. The van der Waals surface area contributed by atoms with Crippen LogP contribution < -0.4 is 14.4 Å². The molecule has 1 N–H and O–H groups in total. The molecule has 0 bridgehead atoms. The fourth-order valence-electron chi connectivity index (χ4n) is 2.14. The minimum Gasteiger partial charge on any atom is -0.492 e. The summed E-state index contributed by atoms with van der Waals surface area (Å²) in [4.78, 5) is 2.12. The van der Waals surface area contributed by atoms with Crippen molar-refractivity contribution in [2.75, 3.05) is 32.1 Å². The van der Waals surface area contributed by atoms with E-state index in [4.69, 9.17) is 4.74 Å². The van der Waals surface area contributed by atoms with Gasteiger partial charge >= 0.3 is 0 Å². The predicted octanol–water partition coefficient (Wildman–Crippen LogP) is 2.48. The number of hydrogen-bond acceptors (Lipinski definition) is 4. The Morgan fingerprint density at radius 2 is 1.76 bits per heavy atom. The summed E-state index contributed by atoms with van der Waals surface area (Å²) >= 11 is 0. The number of nitrogens with one attached hydrogen (secondary N) is 1. The molecular formula is C19H22N2O3S. The average molecular weight is 358 g/mol. The minimum absolute atomic E-state index is 0.0260. The van der Waals surface area contributed by atoms with Gasteiger partial charge in [0.25, 0.3) is 0 Å². The normalized spacial score (nSPS) is 10.7. The van der Waals surface area contributed by atoms with Gasteiger partial charge in [0.2, 0.25) is 10.0 Å². The minimum atomic E-state index is -3.67. The van der Waals surface area contributed by atoms with Gasteiger partial charge < -0.3 is 9.64 Å². The second kappa shape index (κ2) is 8.56. The van der Waals surface area contributed by atoms with Gasteiger partial charge in [-0.2, -0.15) is 4.72 Å². The first-order valence-corrected chi connectivity index (χ1v) is 9.40. The van der Waals surface area contributed by atoms with Gasteiger partial charge in [0, 0.05) is 25.3 Å². The molecule has 0 aliphatic carbocycles. The third kappa shape index (κ3) is 5.24. The summed E-state index contributed by atoms with van der Waals surface area (Å²) in [6, 6.07) is 14.3. The molecule has 5 nitrogen and oxygen atoms in total. The van der Waals surface area contributed by atoms with Gasteiger partial charge in [0.05, 0.1) is 13.2 Å². The maximum Gasteiger partial charge on any atom is 0.245 e. The lowest BCUT2D eigenvalue weighted by Gasteiger charge is -2.11. The number of benzene rings is 2. The van der Waals surface area contributed by atoms with E-state index in [1.807, 2.05) is 50.2 Å². The molecule has 0 atom stereocenters. The van der Waals surface area contributed by atoms with E-state index in [1.54, 1.807) is 18.2 Å². The summed E-state index contributed by atoms with van der Waals surface area (Å²) in [5, 5.41) is 0. The van der Waals surface area contributed by atoms with E-state index in [9.17, 15) is 8.42 Å². The number of rotatable bonds is 6. The molecule has 0 aromatic heterocycles. The second-order valence-corrected chi connectivity index (χ2v) is 7.18. The molecule has 0 spiro atoms. The molecule has 0 aliphatic rings. The topological polar surface area (TPSA) is 58.6 Å². The van der Waals surface area contributed by atoms with Crippen molar-refractivity contribution in [3.8, 4) is 17.6 Å². The summed E-state index contributed by atoms with van der Waals surface area (Å²) in [6.45, 7) is 2.23. The van der Waals surface area contributed by atoms with E-state index in [0.29, 0.717) is 12.4 Å². The van der Waals surface area contributed by atoms with Crippen LogP contribution in [0.4, 0.5) is 5.69 Å². The van der Waals surface area contributed by atoms with E-state index in [0.717, 1.165) is 11.3 Å². The Morgan fingerprint density at radius 3 is 2.40 bits per heavy atom. The van der Waals surface area contributed by atoms with Crippen molar-refractivity contribution < 1.29 is 13.2 Å². The van der Waals surface area contributed by atoms with Gasteiger partial charge in [-0.05, 0) is 43.3 Å². The summed E-state index contributed by atoms with van der Waals surface area (Å²) in [5.74, 6) is 6.12. The highest BCUT2D eigenvalue weighted by molar-refractivity contribution is 7.89. The summed E-state index contributed by atoms with van der Waals surface area (Å²) in [5.41, 5.74) is 1.92. The lowest BCUT2D eigenvalue weighted by Crippen LogP contribution is -2.24. The monoisotopic (exact) mass is 358 g/mol. The molecule has 6 heteroatoms. The number of nitrogens with zero attached hydrogens (tertiary/aromatic N) is 1. The first-order valence-electron chi connectivity index (χ1n) is 7.92. The molecule has 0 fully saturated rings. The quantitative estimate of drug-likeness (QED) is 0.806. The Labute approximate surface area is 149 Å². The van der Waals surface area contributed by atoms with Crippen LogP contribution in [0.15, 0.2) is 53.4 Å². The maximum atomic E-state index is 12.4. The van der Waals surface area contributed by atoms with Crippen LogP contribution in [0.3, 0.4) is 0 Å². The molecule has 0 radical (unpaired) electrons. The van der Waals surface area contributed by atoms with Crippen LogP contribution in [0.5, 0.6) is 5.75 Å². The van der Waals surface area contributed by atoms with Crippen LogP contribution in [-0.4, -0.2) is 35.7 Å². The Morgan fingerprint density at radius 1 is 1.08 bits per heavy atom. The van der Waals surface area contributed by atoms with Gasteiger partial charge in [-0.1, -0.05) is 24.0 Å². The van der Waals surface area contributed by atoms with Gasteiger partial charge in [0.15, 0.2) is 0 Å². The smallest absolute Gasteiger partial charge is 0.245 e. The van der Waals surface area contributed by atoms with Crippen LogP contribution in [0.2, 0.25) is 0 Å². The molecule has 0 saturated carbocycles. The van der Waals surface area contributed by atoms with Gasteiger partial charge in [-0.25, -0.2) is 8.42 Å². The number of hydrogen-bond donors (Lipinski definition) is 1. The Bertz CT molecular complexity index is 864. The number of anilines is 1. The molecule has 2 aromatic rings. The van der Waals surface area contributed by atoms with Crippen molar-refractivity contribution in [1.82, 2.24) is 4.72 Å². The number of sulfonamides is 1. The fraction of sp³-hybridized carbons (Fsp3) is 0.263. The molecule has 25 heavy (non-hydrogen) atoms. The van der Waals surface area contributed by atoms with E-state index < -0.39 is 10.0 Å². The zero-order valence-corrected chi connectivity index (χ0v) is 15.4. The standard InChI is InChI=1S/C19H22N2O3S/c1-4-24-18-9-5-6-10-19(18)25(22,23)20-15-7-8-16-11-13-17(14-12-16)21(2)3/h5-6,9-14,20H,4,15H2,1-3H3. The SMILES string of the molecule is CCOc1ccccc1S(=O)(=O)NCC#Cc1ccc(N(C)C)cc1. The van der Waals surface area contributed by atoms with Crippen molar-refractivity contribution in [3.05, 3.63) is 54.1 Å². The van der Waals surface area contributed by atoms with Crippen LogP contribution in [-0.2, 0) is 10.0 Å². The zero-order valence-electron chi connectivity index (χ0n) is 14.6. The third-order valence-corrected chi connectivity index (χ3v) is 4.85. The first kappa shape index (κ1) is 18.8. The average Bonchev–Trinajstić information content (AvgIpc) is 2.60. The Balaban J connectivity index is 2.04. The highest BCUT2D eigenvalue weighted by Gasteiger charge is 2.18. The highest BCUT2D eigenvalue weighted by Crippen LogP contribution is 2.22. The Kier molecular flexibility index (Phi) is 6.45. The summed E-state index contributed by atoms with van der Waals surface area (Å²) in [6.07, 6.45) is 0. The highest BCUT2D eigenvalue weighted by atomic mass is 32.2. The molecule has 0 saturated heterocycles. The van der Waals surface area contributed by atoms with E-state index in [1.165, 1.54) is 6.07 Å². The van der Waals surface area contributed by atoms with Crippen LogP contribution >= 0.6 is 0 Å². The lowest BCUT2D eigenvalue weighted by atomic mass is 10.2. The summed E-state index contributed by atoms with van der Waals surface area (Å²) in [7, 11) is 0.266. The van der Waals surface area contributed by atoms with Crippen LogP contribution in [0, 0.1) is 11.8 Å². The second-order valence-electron chi connectivity index (χ2n) is 5.45. The van der Waals surface area contributed by atoms with Crippen LogP contribution in [0.1, 0.15) is 12.5 Å². The molecule has 2 rings (SSSR count). The van der Waals surface area contributed by atoms with Gasteiger partial charge in [-0.15, -0.1) is 0 Å². The van der Waals surface area contributed by atoms with Crippen molar-refractivity contribution in [2.45, 2.75) is 11.8 Å². The molecule has 0 amide bonds. The van der Waals surface area contributed by atoms with Gasteiger partial charge in [-0.3, -0.25) is 0 Å². The van der Waals surface area contributed by atoms with Crippen LogP contribution in [0.25, 0.3) is 0 Å². The van der Waals surface area contributed by atoms with Crippen molar-refractivity contribution in [3.63, 3.8) is 0 Å². The van der Waals surface area contributed by atoms with E-state index in [-0.39, 0.29) is 11.4 Å². The summed E-state index contributed by atoms with van der Waals surface area (Å²) < 4.78 is 32.6. The maximum absolute atomic E-state index is 12.4. The lowest BCUT2D eigenvalue weighted by molar-refractivity contribution is 0.331. The van der Waals surface area contributed by atoms with Crippen molar-refractivity contribution >= 4 is 15.7 Å². The van der Waals surface area contributed by atoms with E-state index in [2.05, 4.69) is 16.6 Å². The Hall–Kier alpha value is -2.49. The molecule has 0 aliphatic heterocycles. The zero-order chi connectivity index (χ0) is 18.3. The molecule has 0 unspecified atom stereocenters. The van der Waals surface area contributed by atoms with Gasteiger partial charge in [0.1, 0.15) is 10.6 Å².